The molecule has 0 spiro atoms. The number of pyridine rings is 1. The Hall–Kier alpha value is -1.43. The van der Waals surface area contributed by atoms with Crippen molar-refractivity contribution in [2.24, 2.45) is 5.41 Å². The van der Waals surface area contributed by atoms with E-state index in [-0.39, 0.29) is 17.1 Å². The molecule has 0 aliphatic carbocycles. The highest BCUT2D eigenvalue weighted by molar-refractivity contribution is 5.44. The minimum Gasteiger partial charge on any atom is -0.381 e. The molecule has 6 heteroatoms. The zero-order chi connectivity index (χ0) is 13.9. The summed E-state index contributed by atoms with van der Waals surface area (Å²) in [7, 11) is 3.94. The highest BCUT2D eigenvalue weighted by Crippen LogP contribution is 2.20. The largest absolute Gasteiger partial charge is 0.381 e. The third-order valence-corrected chi connectivity index (χ3v) is 2.44. The molecule has 1 aromatic heterocycles. The quantitative estimate of drug-likeness (QED) is 0.847. The van der Waals surface area contributed by atoms with Gasteiger partial charge in [-0.15, -0.1) is 0 Å². The average Bonchev–Trinajstić information content (AvgIpc) is 2.19. The van der Waals surface area contributed by atoms with Crippen molar-refractivity contribution in [3.63, 3.8) is 0 Å². The zero-order valence-electron chi connectivity index (χ0n) is 11.2. The summed E-state index contributed by atoms with van der Waals surface area (Å²) < 4.78 is 26.4. The van der Waals surface area contributed by atoms with Gasteiger partial charge in [-0.3, -0.25) is 0 Å². The Labute approximate surface area is 106 Å². The number of nitrogens with one attached hydrogen (secondary N) is 1. The van der Waals surface area contributed by atoms with Crippen LogP contribution in [0.15, 0.2) is 6.07 Å². The summed E-state index contributed by atoms with van der Waals surface area (Å²) in [6.45, 7) is 5.44. The van der Waals surface area contributed by atoms with E-state index in [9.17, 15) is 8.78 Å². The second kappa shape index (κ2) is 5.48. The molecule has 0 aromatic carbocycles. The van der Waals surface area contributed by atoms with E-state index in [1.165, 1.54) is 0 Å². The molecule has 0 aliphatic rings. The first kappa shape index (κ1) is 14.6. The summed E-state index contributed by atoms with van der Waals surface area (Å²) >= 11 is 0. The molecule has 0 radical (unpaired) electrons. The highest BCUT2D eigenvalue weighted by Gasteiger charge is 2.20. The molecule has 0 saturated heterocycles. The number of nitrogen functional groups attached to an aromatic ring is 1. The van der Waals surface area contributed by atoms with E-state index < -0.39 is 11.6 Å². The van der Waals surface area contributed by atoms with Crippen LogP contribution in [0, 0.1) is 17.0 Å². The Morgan fingerprint density at radius 1 is 1.33 bits per heavy atom. The Balaban J connectivity index is 2.72. The molecule has 0 saturated carbocycles. The van der Waals surface area contributed by atoms with E-state index in [0.717, 1.165) is 12.6 Å². The van der Waals surface area contributed by atoms with Crippen molar-refractivity contribution in [1.82, 2.24) is 9.88 Å². The van der Waals surface area contributed by atoms with Crippen LogP contribution in [0.4, 0.5) is 20.4 Å². The lowest BCUT2D eigenvalue weighted by Crippen LogP contribution is -2.34. The third kappa shape index (κ3) is 4.10. The monoisotopic (exact) mass is 258 g/mol. The first-order chi connectivity index (χ1) is 8.21. The Morgan fingerprint density at radius 2 is 1.94 bits per heavy atom. The van der Waals surface area contributed by atoms with E-state index in [1.807, 2.05) is 32.8 Å². The van der Waals surface area contributed by atoms with E-state index >= 15 is 0 Å². The number of anilines is 2. The van der Waals surface area contributed by atoms with Gasteiger partial charge >= 0.3 is 0 Å². The molecule has 0 fully saturated rings. The minimum absolute atomic E-state index is 0.0132. The fourth-order valence-corrected chi connectivity index (χ4v) is 1.84. The second-order valence-corrected chi connectivity index (χ2v) is 5.44. The molecule has 1 heterocycles. The number of hydrogen-bond acceptors (Lipinski definition) is 4. The van der Waals surface area contributed by atoms with Gasteiger partial charge in [-0.1, -0.05) is 13.8 Å². The molecule has 0 unspecified atom stereocenters. The fourth-order valence-electron chi connectivity index (χ4n) is 1.84. The maximum absolute atomic E-state index is 13.4. The molecule has 0 amide bonds. The lowest BCUT2D eigenvalue weighted by atomic mass is 9.93. The normalized spacial score (nSPS) is 11.9. The zero-order valence-corrected chi connectivity index (χ0v) is 11.2. The van der Waals surface area contributed by atoms with Gasteiger partial charge in [0.15, 0.2) is 23.3 Å². The van der Waals surface area contributed by atoms with Crippen LogP contribution in [-0.4, -0.2) is 37.1 Å². The lowest BCUT2D eigenvalue weighted by Gasteiger charge is -2.28. The lowest BCUT2D eigenvalue weighted by molar-refractivity contribution is 0.254. The summed E-state index contributed by atoms with van der Waals surface area (Å²) in [4.78, 5) is 5.70. The highest BCUT2D eigenvalue weighted by atomic mass is 19.1. The van der Waals surface area contributed by atoms with Gasteiger partial charge in [-0.05, 0) is 19.5 Å². The van der Waals surface area contributed by atoms with Gasteiger partial charge in [0.2, 0.25) is 0 Å². The number of nitrogens with zero attached hydrogens (tertiary/aromatic N) is 2. The van der Waals surface area contributed by atoms with Crippen LogP contribution >= 0.6 is 0 Å². The van der Waals surface area contributed by atoms with Crippen LogP contribution in [0.1, 0.15) is 13.8 Å². The van der Waals surface area contributed by atoms with Crippen molar-refractivity contribution >= 4 is 11.6 Å². The van der Waals surface area contributed by atoms with Gasteiger partial charge in [0.05, 0.1) is 0 Å². The maximum atomic E-state index is 13.4. The van der Waals surface area contributed by atoms with E-state index in [1.54, 1.807) is 0 Å². The van der Waals surface area contributed by atoms with E-state index in [2.05, 4.69) is 10.3 Å². The smallest absolute Gasteiger partial charge is 0.168 e. The Kier molecular flexibility index (Phi) is 4.45. The van der Waals surface area contributed by atoms with Gasteiger partial charge in [0, 0.05) is 19.2 Å². The van der Waals surface area contributed by atoms with Crippen molar-refractivity contribution in [3.05, 3.63) is 17.7 Å². The van der Waals surface area contributed by atoms with Crippen molar-refractivity contribution in [2.75, 3.05) is 38.2 Å². The molecule has 1 rings (SSSR count). The van der Waals surface area contributed by atoms with Gasteiger partial charge in [-0.2, -0.15) is 0 Å². The van der Waals surface area contributed by atoms with Crippen molar-refractivity contribution in [2.45, 2.75) is 13.8 Å². The number of aromatic nitrogens is 1. The standard InChI is InChI=1S/C12H20F2N4/c1-12(2,7-18(3)4)6-16-11-9(14)5-8(13)10(15)17-11/h5H,6-7H2,1-4H3,(H3,15,16,17). The van der Waals surface area contributed by atoms with Crippen LogP contribution in [0.2, 0.25) is 0 Å². The SMILES string of the molecule is CN(C)CC(C)(C)CNc1nc(N)c(F)cc1F. The van der Waals surface area contributed by atoms with E-state index in [0.29, 0.717) is 6.54 Å². The summed E-state index contributed by atoms with van der Waals surface area (Å²) in [5.41, 5.74) is 5.24. The molecule has 1 aromatic rings. The Bertz CT molecular complexity index is 419. The second-order valence-electron chi connectivity index (χ2n) is 5.44. The van der Waals surface area contributed by atoms with Crippen LogP contribution in [0.3, 0.4) is 0 Å². The van der Waals surface area contributed by atoms with Crippen molar-refractivity contribution in [1.29, 1.82) is 0 Å². The minimum atomic E-state index is -0.842. The van der Waals surface area contributed by atoms with Gasteiger partial charge in [0.25, 0.3) is 0 Å². The van der Waals surface area contributed by atoms with Gasteiger partial charge < -0.3 is 16.0 Å². The van der Waals surface area contributed by atoms with Crippen LogP contribution < -0.4 is 11.1 Å². The van der Waals surface area contributed by atoms with Crippen LogP contribution in [0.25, 0.3) is 0 Å². The summed E-state index contributed by atoms with van der Waals surface area (Å²) in [5, 5.41) is 2.87. The number of halogens is 2. The first-order valence-corrected chi connectivity index (χ1v) is 5.71. The van der Waals surface area contributed by atoms with Crippen molar-refractivity contribution < 1.29 is 8.78 Å². The molecule has 0 aliphatic heterocycles. The molecule has 0 bridgehead atoms. The molecule has 102 valence electrons. The fraction of sp³-hybridized carbons (Fsp3) is 0.583. The summed E-state index contributed by atoms with van der Waals surface area (Å²) in [6, 6.07) is 0.740. The molecule has 0 atom stereocenters. The number of nitrogens with two attached hydrogens (primary N) is 1. The topological polar surface area (TPSA) is 54.2 Å². The van der Waals surface area contributed by atoms with E-state index in [4.69, 9.17) is 5.73 Å². The van der Waals surface area contributed by atoms with Crippen molar-refractivity contribution in [3.8, 4) is 0 Å². The Morgan fingerprint density at radius 3 is 2.50 bits per heavy atom. The van der Waals surface area contributed by atoms with Crippen LogP contribution in [-0.2, 0) is 0 Å². The summed E-state index contributed by atoms with van der Waals surface area (Å²) in [6.07, 6.45) is 0. The number of rotatable bonds is 5. The predicted octanol–water partition coefficient (Wildman–Crippen LogP) is 1.94. The molecule has 4 nitrogen and oxygen atoms in total. The molecular formula is C12H20F2N4. The van der Waals surface area contributed by atoms with Crippen LogP contribution in [0.5, 0.6) is 0 Å². The molecule has 3 N–H and O–H groups in total. The van der Waals surface area contributed by atoms with Gasteiger partial charge in [-0.25, -0.2) is 13.8 Å². The molecule has 18 heavy (non-hydrogen) atoms. The molecular weight excluding hydrogens is 238 g/mol. The summed E-state index contributed by atoms with van der Waals surface area (Å²) in [5.74, 6) is -1.89. The first-order valence-electron chi connectivity index (χ1n) is 5.71. The third-order valence-electron chi connectivity index (χ3n) is 2.44. The number of hydrogen-bond donors (Lipinski definition) is 2. The van der Waals surface area contributed by atoms with Gasteiger partial charge in [0.1, 0.15) is 0 Å². The predicted molar refractivity (Wildman–Crippen MR) is 69.4 cm³/mol. The average molecular weight is 258 g/mol. The maximum Gasteiger partial charge on any atom is 0.168 e.